The molecular weight excluding hydrogens is 360 g/mol. The second-order valence-corrected chi connectivity index (χ2v) is 6.50. The number of hydrogen-bond donors (Lipinski definition) is 3. The number of nitrogen functional groups attached to an aromatic ring is 1. The number of anilines is 3. The van der Waals surface area contributed by atoms with Crippen LogP contribution in [-0.2, 0) is 4.74 Å². The van der Waals surface area contributed by atoms with Gasteiger partial charge in [-0.1, -0.05) is 0 Å². The molecule has 0 bridgehead atoms. The Kier molecular flexibility index (Phi) is 5.36. The van der Waals surface area contributed by atoms with E-state index < -0.39 is 0 Å². The number of fused-ring (bicyclic) bond motifs is 1. The second kappa shape index (κ2) is 8.24. The summed E-state index contributed by atoms with van der Waals surface area (Å²) in [5.41, 5.74) is 7.08. The number of carbonyl (C=O) groups is 1. The maximum absolute atomic E-state index is 12.4. The number of furan rings is 1. The van der Waals surface area contributed by atoms with Gasteiger partial charge in [-0.25, -0.2) is 4.98 Å². The van der Waals surface area contributed by atoms with Gasteiger partial charge in [0.05, 0.1) is 13.2 Å². The van der Waals surface area contributed by atoms with Crippen molar-refractivity contribution < 1.29 is 13.9 Å². The summed E-state index contributed by atoms with van der Waals surface area (Å²) in [6.07, 6.45) is 1.58. The van der Waals surface area contributed by atoms with Crippen LogP contribution < -0.4 is 16.4 Å². The Balaban J connectivity index is 1.38. The molecule has 9 heteroatoms. The van der Waals surface area contributed by atoms with Crippen LogP contribution in [0.15, 0.2) is 40.9 Å². The Morgan fingerprint density at radius 1 is 1.21 bits per heavy atom. The molecule has 0 saturated carbocycles. The maximum Gasteiger partial charge on any atom is 0.287 e. The highest BCUT2D eigenvalue weighted by Crippen LogP contribution is 2.24. The number of nitrogens with zero attached hydrogens (tertiary/aromatic N) is 3. The Bertz CT molecular complexity index is 967. The smallest absolute Gasteiger partial charge is 0.287 e. The van der Waals surface area contributed by atoms with Crippen molar-refractivity contribution in [3.8, 4) is 0 Å². The Morgan fingerprint density at radius 2 is 2.07 bits per heavy atom. The molecule has 0 atom stereocenters. The van der Waals surface area contributed by atoms with Crippen LogP contribution in [0.1, 0.15) is 10.6 Å². The van der Waals surface area contributed by atoms with Crippen molar-refractivity contribution in [2.45, 2.75) is 0 Å². The molecule has 4 N–H and O–H groups in total. The van der Waals surface area contributed by atoms with Gasteiger partial charge >= 0.3 is 0 Å². The highest BCUT2D eigenvalue weighted by Gasteiger charge is 2.14. The molecule has 0 spiro atoms. The number of ether oxygens (including phenoxy) is 1. The fourth-order valence-electron chi connectivity index (χ4n) is 3.03. The first-order valence-electron chi connectivity index (χ1n) is 9.15. The first kappa shape index (κ1) is 18.2. The standard InChI is InChI=1S/C19H22N6O3/c20-17-3-4-22-19(24-17)23-14-1-2-15-13(11-14)12-16(28-15)18(26)21-5-6-25-7-9-27-10-8-25/h1-4,11-12H,5-10H2,(H,21,26)(H3,20,22,23,24). The molecule has 4 rings (SSSR count). The van der Waals surface area contributed by atoms with Gasteiger partial charge in [0.1, 0.15) is 11.4 Å². The van der Waals surface area contributed by atoms with Crippen LogP contribution in [-0.4, -0.2) is 60.2 Å². The van der Waals surface area contributed by atoms with E-state index in [2.05, 4.69) is 25.5 Å². The van der Waals surface area contributed by atoms with Crippen LogP contribution in [0.5, 0.6) is 0 Å². The lowest BCUT2D eigenvalue weighted by Crippen LogP contribution is -2.41. The molecule has 3 aromatic rings. The number of rotatable bonds is 6. The molecule has 1 aromatic carbocycles. The van der Waals surface area contributed by atoms with Crippen molar-refractivity contribution in [3.63, 3.8) is 0 Å². The molecule has 0 unspecified atom stereocenters. The van der Waals surface area contributed by atoms with Crippen LogP contribution in [0.4, 0.5) is 17.5 Å². The molecular formula is C19H22N6O3. The number of nitrogens with one attached hydrogen (secondary N) is 2. The highest BCUT2D eigenvalue weighted by atomic mass is 16.5. The summed E-state index contributed by atoms with van der Waals surface area (Å²) in [4.78, 5) is 22.9. The minimum atomic E-state index is -0.224. The van der Waals surface area contributed by atoms with Crippen LogP contribution in [0, 0.1) is 0 Å². The molecule has 2 aromatic heterocycles. The normalized spacial score (nSPS) is 14.9. The van der Waals surface area contributed by atoms with E-state index in [0.717, 1.165) is 43.9 Å². The lowest BCUT2D eigenvalue weighted by molar-refractivity contribution is 0.0382. The summed E-state index contributed by atoms with van der Waals surface area (Å²) in [5.74, 6) is 0.856. The Morgan fingerprint density at radius 3 is 2.89 bits per heavy atom. The maximum atomic E-state index is 12.4. The topological polar surface area (TPSA) is 119 Å². The van der Waals surface area contributed by atoms with Gasteiger partial charge < -0.3 is 25.5 Å². The SMILES string of the molecule is Nc1ccnc(Nc2ccc3oc(C(=O)NCCN4CCOCC4)cc3c2)n1. The predicted octanol–water partition coefficient (Wildman–Crippen LogP) is 1.61. The molecule has 1 saturated heterocycles. The van der Waals surface area contributed by atoms with Crippen molar-refractivity contribution in [2.24, 2.45) is 0 Å². The zero-order chi connectivity index (χ0) is 19.3. The van der Waals surface area contributed by atoms with Crippen LogP contribution >= 0.6 is 0 Å². The fourth-order valence-corrected chi connectivity index (χ4v) is 3.03. The zero-order valence-electron chi connectivity index (χ0n) is 15.4. The van der Waals surface area contributed by atoms with E-state index in [-0.39, 0.29) is 11.7 Å². The van der Waals surface area contributed by atoms with E-state index in [9.17, 15) is 4.79 Å². The molecule has 28 heavy (non-hydrogen) atoms. The third kappa shape index (κ3) is 4.38. The highest BCUT2D eigenvalue weighted by molar-refractivity contribution is 5.96. The molecule has 3 heterocycles. The van der Waals surface area contributed by atoms with Gasteiger partial charge in [-0.15, -0.1) is 0 Å². The summed E-state index contributed by atoms with van der Waals surface area (Å²) >= 11 is 0. The number of hydrogen-bond acceptors (Lipinski definition) is 8. The van der Waals surface area contributed by atoms with Gasteiger partial charge in [0.2, 0.25) is 5.95 Å². The van der Waals surface area contributed by atoms with E-state index in [1.54, 1.807) is 24.4 Å². The number of aromatic nitrogens is 2. The minimum absolute atomic E-state index is 0.224. The van der Waals surface area contributed by atoms with Crippen LogP contribution in [0.25, 0.3) is 11.0 Å². The quantitative estimate of drug-likeness (QED) is 0.588. The number of carbonyl (C=O) groups excluding carboxylic acids is 1. The number of benzene rings is 1. The van der Waals surface area contributed by atoms with Crippen LogP contribution in [0.3, 0.4) is 0 Å². The monoisotopic (exact) mass is 382 g/mol. The zero-order valence-corrected chi connectivity index (χ0v) is 15.4. The predicted molar refractivity (Wildman–Crippen MR) is 106 cm³/mol. The molecule has 1 amide bonds. The second-order valence-electron chi connectivity index (χ2n) is 6.50. The van der Waals surface area contributed by atoms with Crippen molar-refractivity contribution in [3.05, 3.63) is 42.3 Å². The summed E-state index contributed by atoms with van der Waals surface area (Å²) in [6.45, 7) is 4.64. The molecule has 1 fully saturated rings. The summed E-state index contributed by atoms with van der Waals surface area (Å²) < 4.78 is 11.0. The van der Waals surface area contributed by atoms with Gasteiger partial charge in [0, 0.05) is 43.4 Å². The van der Waals surface area contributed by atoms with Gasteiger partial charge in [0.25, 0.3) is 5.91 Å². The summed E-state index contributed by atoms with van der Waals surface area (Å²) in [6, 6.07) is 8.85. The van der Waals surface area contributed by atoms with Gasteiger partial charge in [-0.3, -0.25) is 9.69 Å². The number of morpholine rings is 1. The van der Waals surface area contributed by atoms with Crippen molar-refractivity contribution in [1.29, 1.82) is 0 Å². The van der Waals surface area contributed by atoms with Gasteiger partial charge in [-0.2, -0.15) is 4.98 Å². The molecule has 1 aliphatic heterocycles. The van der Waals surface area contributed by atoms with E-state index in [4.69, 9.17) is 14.9 Å². The average molecular weight is 382 g/mol. The van der Waals surface area contributed by atoms with E-state index >= 15 is 0 Å². The van der Waals surface area contributed by atoms with E-state index in [1.807, 2.05) is 12.1 Å². The first-order chi connectivity index (χ1) is 13.7. The van der Waals surface area contributed by atoms with Gasteiger partial charge in [0.15, 0.2) is 5.76 Å². The molecule has 0 aliphatic carbocycles. The van der Waals surface area contributed by atoms with Crippen molar-refractivity contribution in [1.82, 2.24) is 20.2 Å². The van der Waals surface area contributed by atoms with E-state index in [1.165, 1.54) is 0 Å². The lowest BCUT2D eigenvalue weighted by Gasteiger charge is -2.26. The lowest BCUT2D eigenvalue weighted by atomic mass is 10.2. The molecule has 146 valence electrons. The van der Waals surface area contributed by atoms with Crippen molar-refractivity contribution in [2.75, 3.05) is 50.4 Å². The largest absolute Gasteiger partial charge is 0.451 e. The number of nitrogens with two attached hydrogens (primary N) is 1. The third-order valence-corrected chi connectivity index (χ3v) is 4.49. The van der Waals surface area contributed by atoms with Crippen molar-refractivity contribution >= 4 is 34.3 Å². The Hall–Kier alpha value is -3.17. The average Bonchev–Trinajstić information content (AvgIpc) is 3.12. The molecule has 0 radical (unpaired) electrons. The summed E-state index contributed by atoms with van der Waals surface area (Å²) in [7, 11) is 0. The first-order valence-corrected chi connectivity index (χ1v) is 9.15. The Labute approximate surface area is 161 Å². The van der Waals surface area contributed by atoms with Crippen LogP contribution in [0.2, 0.25) is 0 Å². The third-order valence-electron chi connectivity index (χ3n) is 4.49. The van der Waals surface area contributed by atoms with Gasteiger partial charge in [-0.05, 0) is 30.3 Å². The summed E-state index contributed by atoms with van der Waals surface area (Å²) in [5, 5.41) is 6.80. The number of amides is 1. The minimum Gasteiger partial charge on any atom is -0.451 e. The molecule has 1 aliphatic rings. The fraction of sp³-hybridized carbons (Fsp3) is 0.316. The molecule has 9 nitrogen and oxygen atoms in total. The van der Waals surface area contributed by atoms with E-state index in [0.29, 0.717) is 23.9 Å².